The van der Waals surface area contributed by atoms with Gasteiger partial charge < -0.3 is 20.9 Å². The van der Waals surface area contributed by atoms with E-state index in [0.29, 0.717) is 25.3 Å². The van der Waals surface area contributed by atoms with Crippen molar-refractivity contribution < 1.29 is 14.4 Å². The molecule has 1 aliphatic carbocycles. The molecule has 0 saturated heterocycles. The lowest BCUT2D eigenvalue weighted by Crippen LogP contribution is -2.54. The number of fused-ring (bicyclic) bond motifs is 1. The van der Waals surface area contributed by atoms with E-state index in [1.54, 1.807) is 4.90 Å². The second kappa shape index (κ2) is 14.9. The maximum Gasteiger partial charge on any atom is 0.251 e. The van der Waals surface area contributed by atoms with Gasteiger partial charge in [0.05, 0.1) is 24.5 Å². The molecule has 0 radical (unpaired) electrons. The van der Waals surface area contributed by atoms with Crippen molar-refractivity contribution in [3.05, 3.63) is 114 Å². The molecule has 7 nitrogen and oxygen atoms in total. The van der Waals surface area contributed by atoms with Crippen LogP contribution in [0.25, 0.3) is 11.1 Å². The predicted octanol–water partition coefficient (Wildman–Crippen LogP) is 7.54. The van der Waals surface area contributed by atoms with Gasteiger partial charge in [0.15, 0.2) is 0 Å². The van der Waals surface area contributed by atoms with Crippen LogP contribution < -0.4 is 20.9 Å². The minimum Gasteiger partial charge on any atom is -0.369 e. The van der Waals surface area contributed by atoms with Gasteiger partial charge in [-0.15, -0.1) is 0 Å². The number of benzene rings is 4. The number of primary amides is 1. The quantitative estimate of drug-likeness (QED) is 0.158. The van der Waals surface area contributed by atoms with Crippen LogP contribution in [0.3, 0.4) is 0 Å². The number of amides is 3. The number of aryl methyl sites for hydroxylation is 1. The Labute approximate surface area is 284 Å². The summed E-state index contributed by atoms with van der Waals surface area (Å²) in [6.45, 7) is 4.72. The highest BCUT2D eigenvalue weighted by Gasteiger charge is 2.40. The minimum absolute atomic E-state index is 0.190. The normalized spacial score (nSPS) is 17.3. The van der Waals surface area contributed by atoms with Crippen LogP contribution >= 0.6 is 0 Å². The van der Waals surface area contributed by atoms with Crippen molar-refractivity contribution in [3.63, 3.8) is 0 Å². The average molecular weight is 643 g/mol. The molecule has 3 amide bonds. The molecule has 248 valence electrons. The first-order valence-corrected chi connectivity index (χ1v) is 17.3. The van der Waals surface area contributed by atoms with Crippen molar-refractivity contribution in [3.8, 4) is 11.1 Å². The van der Waals surface area contributed by atoms with Crippen molar-refractivity contribution in [1.82, 2.24) is 5.32 Å². The molecule has 0 bridgehead atoms. The van der Waals surface area contributed by atoms with Crippen LogP contribution in [0.4, 0.5) is 17.1 Å². The Bertz CT molecular complexity index is 1730. The number of hydrogen-bond donors (Lipinski definition) is 2. The highest BCUT2D eigenvalue weighted by molar-refractivity contribution is 6.04. The summed E-state index contributed by atoms with van der Waals surface area (Å²) in [5, 5.41) is 3.17. The maximum absolute atomic E-state index is 14.7. The van der Waals surface area contributed by atoms with Crippen molar-refractivity contribution in [2.45, 2.75) is 65.0 Å². The first kappa shape index (κ1) is 33.0. The molecular weight excluding hydrogens is 596 g/mol. The van der Waals surface area contributed by atoms with Gasteiger partial charge in [-0.25, -0.2) is 0 Å². The molecule has 0 aromatic heterocycles. The fraction of sp³-hybridized carbons (Fsp3) is 0.341. The SMILES string of the molecule is CCCCC(C(N)=O)C(CC1CC1)C(=O)NC1CN(c2ccccc2)c2ccccc2N(Cc2cccc(-c3ccc(C)cc3)c2)C1=O. The molecule has 1 fully saturated rings. The lowest BCUT2D eigenvalue weighted by atomic mass is 9.82. The van der Waals surface area contributed by atoms with Gasteiger partial charge >= 0.3 is 0 Å². The van der Waals surface area contributed by atoms with Gasteiger partial charge in [0, 0.05) is 17.5 Å². The number of para-hydroxylation sites is 3. The number of hydrogen-bond acceptors (Lipinski definition) is 4. The van der Waals surface area contributed by atoms with Crippen LogP contribution in [0.1, 0.15) is 56.6 Å². The number of nitrogens with two attached hydrogens (primary N) is 1. The molecule has 48 heavy (non-hydrogen) atoms. The standard InChI is InChI=1S/C41H46N4O3/c1-3-4-15-34(39(42)46)35(25-29-20-21-29)40(47)43-36-27-44(33-13-6-5-7-14-33)37-16-8-9-17-38(37)45(41(36)48)26-30-11-10-12-32(24-30)31-22-18-28(2)19-23-31/h5-14,16-19,22-24,29,34-36H,3-4,15,20-21,25-27H2,1-2H3,(H2,42,46)(H,43,47). The number of nitrogens with one attached hydrogen (secondary N) is 1. The average Bonchev–Trinajstić information content (AvgIpc) is 3.94. The van der Waals surface area contributed by atoms with Crippen LogP contribution in [0, 0.1) is 24.7 Å². The van der Waals surface area contributed by atoms with Gasteiger partial charge in [-0.1, -0.05) is 111 Å². The molecule has 3 N–H and O–H groups in total. The molecule has 7 heteroatoms. The maximum atomic E-state index is 14.7. The van der Waals surface area contributed by atoms with E-state index in [9.17, 15) is 14.4 Å². The van der Waals surface area contributed by atoms with Crippen LogP contribution in [0.15, 0.2) is 103 Å². The Morgan fingerprint density at radius 3 is 2.25 bits per heavy atom. The number of nitrogens with zero attached hydrogens (tertiary/aromatic N) is 2. The molecule has 1 heterocycles. The number of unbranched alkanes of at least 4 members (excludes halogenated alkanes) is 1. The topological polar surface area (TPSA) is 95.7 Å². The zero-order valence-corrected chi connectivity index (χ0v) is 28.0. The lowest BCUT2D eigenvalue weighted by molar-refractivity contribution is -0.135. The Morgan fingerprint density at radius 1 is 0.854 bits per heavy atom. The summed E-state index contributed by atoms with van der Waals surface area (Å²) in [7, 11) is 0. The summed E-state index contributed by atoms with van der Waals surface area (Å²) in [5.41, 5.74) is 12.9. The van der Waals surface area contributed by atoms with E-state index in [4.69, 9.17) is 5.73 Å². The minimum atomic E-state index is -0.855. The lowest BCUT2D eigenvalue weighted by Gasteiger charge is -2.29. The second-order valence-electron chi connectivity index (χ2n) is 13.4. The number of rotatable bonds is 13. The zero-order chi connectivity index (χ0) is 33.6. The Kier molecular flexibility index (Phi) is 10.2. The predicted molar refractivity (Wildman–Crippen MR) is 193 cm³/mol. The van der Waals surface area contributed by atoms with E-state index in [1.807, 2.05) is 66.7 Å². The molecule has 4 aromatic carbocycles. The fourth-order valence-corrected chi connectivity index (χ4v) is 6.90. The molecule has 1 saturated carbocycles. The number of carbonyl (C=O) groups excluding carboxylic acids is 3. The molecule has 3 unspecified atom stereocenters. The highest BCUT2D eigenvalue weighted by Crippen LogP contribution is 2.40. The molecule has 6 rings (SSSR count). The summed E-state index contributed by atoms with van der Waals surface area (Å²) in [4.78, 5) is 45.6. The third-order valence-corrected chi connectivity index (χ3v) is 9.77. The van der Waals surface area contributed by atoms with Crippen molar-refractivity contribution in [2.24, 2.45) is 23.5 Å². The largest absolute Gasteiger partial charge is 0.369 e. The van der Waals surface area contributed by atoms with E-state index in [1.165, 1.54) is 5.56 Å². The van der Waals surface area contributed by atoms with Crippen molar-refractivity contribution >= 4 is 34.8 Å². The summed E-state index contributed by atoms with van der Waals surface area (Å²) >= 11 is 0. The van der Waals surface area contributed by atoms with Gasteiger partial charge in [0.25, 0.3) is 5.91 Å². The Hall–Kier alpha value is -4.91. The first-order valence-electron chi connectivity index (χ1n) is 17.3. The Balaban J connectivity index is 1.36. The highest BCUT2D eigenvalue weighted by atomic mass is 16.2. The van der Waals surface area contributed by atoms with E-state index >= 15 is 0 Å². The Morgan fingerprint density at radius 2 is 1.56 bits per heavy atom. The van der Waals surface area contributed by atoms with Crippen LogP contribution in [-0.4, -0.2) is 30.3 Å². The van der Waals surface area contributed by atoms with Crippen molar-refractivity contribution in [2.75, 3.05) is 16.3 Å². The van der Waals surface area contributed by atoms with Crippen LogP contribution in [-0.2, 0) is 20.9 Å². The van der Waals surface area contributed by atoms with Crippen LogP contribution in [0.2, 0.25) is 0 Å². The summed E-state index contributed by atoms with van der Waals surface area (Å²) in [6, 6.07) is 33.7. The van der Waals surface area contributed by atoms with Gasteiger partial charge in [-0.2, -0.15) is 0 Å². The van der Waals surface area contributed by atoms with E-state index in [0.717, 1.165) is 59.4 Å². The van der Waals surface area contributed by atoms with Crippen molar-refractivity contribution in [1.29, 1.82) is 0 Å². The van der Waals surface area contributed by atoms with E-state index < -0.39 is 23.8 Å². The van der Waals surface area contributed by atoms with Gasteiger partial charge in [0.2, 0.25) is 11.8 Å². The number of anilines is 3. The summed E-state index contributed by atoms with van der Waals surface area (Å²) in [6.07, 6.45) is 5.02. The summed E-state index contributed by atoms with van der Waals surface area (Å²) in [5.74, 6) is -1.61. The summed E-state index contributed by atoms with van der Waals surface area (Å²) < 4.78 is 0. The van der Waals surface area contributed by atoms with Crippen LogP contribution in [0.5, 0.6) is 0 Å². The number of carbonyl (C=O) groups is 3. The fourth-order valence-electron chi connectivity index (χ4n) is 6.90. The molecule has 0 spiro atoms. The van der Waals surface area contributed by atoms with Gasteiger partial charge in [-0.05, 0) is 72.7 Å². The first-order chi connectivity index (χ1) is 23.3. The van der Waals surface area contributed by atoms with Gasteiger partial charge in [-0.3, -0.25) is 14.4 Å². The third-order valence-electron chi connectivity index (χ3n) is 9.77. The zero-order valence-electron chi connectivity index (χ0n) is 28.0. The van der Waals surface area contributed by atoms with Gasteiger partial charge in [0.1, 0.15) is 6.04 Å². The molecule has 1 aliphatic heterocycles. The molecule has 2 aliphatic rings. The smallest absolute Gasteiger partial charge is 0.251 e. The monoisotopic (exact) mass is 642 g/mol. The van der Waals surface area contributed by atoms with E-state index in [2.05, 4.69) is 60.5 Å². The third kappa shape index (κ3) is 7.62. The molecule has 4 aromatic rings. The molecule has 3 atom stereocenters. The molecular formula is C41H46N4O3. The second-order valence-corrected chi connectivity index (χ2v) is 13.4. The van der Waals surface area contributed by atoms with E-state index in [-0.39, 0.29) is 18.4 Å².